The molecule has 82 valence electrons. The zero-order valence-corrected chi connectivity index (χ0v) is 8.47. The smallest absolute Gasteiger partial charge is 0.339 e. The lowest BCUT2D eigenvalue weighted by Crippen LogP contribution is -1.98. The van der Waals surface area contributed by atoms with Crippen LogP contribution >= 0.6 is 0 Å². The Morgan fingerprint density at radius 2 is 1.94 bits per heavy atom. The third kappa shape index (κ3) is 1.52. The first-order valence-electron chi connectivity index (χ1n) is 4.58. The normalized spacial score (nSPS) is 10.6. The number of ketones is 1. The number of carboxylic acid groups (broad SMARTS) is 1. The van der Waals surface area contributed by atoms with Crippen molar-refractivity contribution in [3.8, 4) is 5.75 Å². The summed E-state index contributed by atoms with van der Waals surface area (Å²) in [5, 5.41) is 18.2. The molecule has 0 aliphatic heterocycles. The Bertz CT molecular complexity index is 597. The first kappa shape index (κ1) is 10.2. The average Bonchev–Trinajstić information content (AvgIpc) is 2.58. The Labute approximate surface area is 90.6 Å². The van der Waals surface area contributed by atoms with E-state index in [1.54, 1.807) is 12.3 Å². The molecular weight excluding hydrogens is 210 g/mol. The second kappa shape index (κ2) is 3.37. The zero-order chi connectivity index (χ0) is 11.9. The summed E-state index contributed by atoms with van der Waals surface area (Å²) < 4.78 is 1.51. The largest absolute Gasteiger partial charge is 0.505 e. The Morgan fingerprint density at radius 3 is 2.50 bits per heavy atom. The van der Waals surface area contributed by atoms with Crippen LogP contribution in [-0.4, -0.2) is 26.4 Å². The molecule has 5 heteroatoms. The van der Waals surface area contributed by atoms with Crippen molar-refractivity contribution < 1.29 is 19.8 Å². The SMILES string of the molecule is CC(=O)c1cc2cc(C(=O)O)c(O)cn2c1. The van der Waals surface area contributed by atoms with Crippen molar-refractivity contribution in [3.05, 3.63) is 35.7 Å². The summed E-state index contributed by atoms with van der Waals surface area (Å²) in [5.41, 5.74) is 0.850. The topological polar surface area (TPSA) is 79.0 Å². The number of carbonyl (C=O) groups excluding carboxylic acids is 1. The lowest BCUT2D eigenvalue weighted by Gasteiger charge is -2.00. The van der Waals surface area contributed by atoms with E-state index >= 15 is 0 Å². The molecule has 2 aromatic rings. The molecule has 2 N–H and O–H groups in total. The molecule has 0 aromatic carbocycles. The molecular formula is C11H9NO4. The molecule has 2 rings (SSSR count). The molecule has 0 amide bonds. The number of hydrogen-bond acceptors (Lipinski definition) is 3. The minimum atomic E-state index is -1.20. The summed E-state index contributed by atoms with van der Waals surface area (Å²) in [7, 11) is 0. The summed E-state index contributed by atoms with van der Waals surface area (Å²) in [6, 6.07) is 2.90. The minimum absolute atomic E-state index is 0.111. The van der Waals surface area contributed by atoms with Crippen molar-refractivity contribution in [2.24, 2.45) is 0 Å². The fourth-order valence-corrected chi connectivity index (χ4v) is 1.51. The Balaban J connectivity index is 2.70. The van der Waals surface area contributed by atoms with Crippen LogP contribution in [0.2, 0.25) is 0 Å². The van der Waals surface area contributed by atoms with Crippen molar-refractivity contribution in [1.29, 1.82) is 0 Å². The van der Waals surface area contributed by atoms with Gasteiger partial charge in [-0.05, 0) is 19.1 Å². The molecule has 0 aliphatic carbocycles. The highest BCUT2D eigenvalue weighted by Gasteiger charge is 2.12. The Hall–Kier alpha value is -2.30. The van der Waals surface area contributed by atoms with E-state index in [-0.39, 0.29) is 17.1 Å². The van der Waals surface area contributed by atoms with Crippen molar-refractivity contribution >= 4 is 17.3 Å². The number of fused-ring (bicyclic) bond motifs is 1. The van der Waals surface area contributed by atoms with Gasteiger partial charge in [-0.3, -0.25) is 4.79 Å². The predicted octanol–water partition coefficient (Wildman–Crippen LogP) is 1.55. The van der Waals surface area contributed by atoms with E-state index < -0.39 is 5.97 Å². The van der Waals surface area contributed by atoms with Gasteiger partial charge >= 0.3 is 5.97 Å². The molecule has 0 atom stereocenters. The number of rotatable bonds is 2. The Morgan fingerprint density at radius 1 is 1.25 bits per heavy atom. The molecule has 0 unspecified atom stereocenters. The molecule has 16 heavy (non-hydrogen) atoms. The number of carboxylic acids is 1. The first-order valence-corrected chi connectivity index (χ1v) is 4.58. The maximum atomic E-state index is 11.1. The first-order chi connectivity index (χ1) is 7.49. The molecule has 0 bridgehead atoms. The van der Waals surface area contributed by atoms with Gasteiger partial charge < -0.3 is 14.6 Å². The molecule has 2 aromatic heterocycles. The molecule has 0 fully saturated rings. The highest BCUT2D eigenvalue weighted by molar-refractivity contribution is 5.97. The van der Waals surface area contributed by atoms with Gasteiger partial charge in [0.05, 0.1) is 6.20 Å². The number of aromatic hydroxyl groups is 1. The molecule has 0 spiro atoms. The highest BCUT2D eigenvalue weighted by Crippen LogP contribution is 2.21. The van der Waals surface area contributed by atoms with Crippen molar-refractivity contribution in [2.45, 2.75) is 6.92 Å². The molecule has 0 aliphatic rings. The van der Waals surface area contributed by atoms with Crippen LogP contribution in [0.15, 0.2) is 24.5 Å². The van der Waals surface area contributed by atoms with Gasteiger partial charge in [-0.15, -0.1) is 0 Å². The monoisotopic (exact) mass is 219 g/mol. The summed E-state index contributed by atoms with van der Waals surface area (Å²) in [5.74, 6) is -1.64. The van der Waals surface area contributed by atoms with Crippen molar-refractivity contribution in [3.63, 3.8) is 0 Å². The van der Waals surface area contributed by atoms with Crippen LogP contribution in [0.25, 0.3) is 5.52 Å². The van der Waals surface area contributed by atoms with Crippen molar-refractivity contribution in [2.75, 3.05) is 0 Å². The standard InChI is InChI=1S/C11H9NO4/c1-6(13)7-2-8-3-9(11(15)16)10(14)5-12(8)4-7/h2-5,14H,1H3,(H,15,16). The fourth-order valence-electron chi connectivity index (χ4n) is 1.51. The predicted molar refractivity (Wildman–Crippen MR) is 56.0 cm³/mol. The number of nitrogens with zero attached hydrogens (tertiary/aromatic N) is 1. The van der Waals surface area contributed by atoms with E-state index in [1.165, 1.54) is 23.6 Å². The third-order valence-corrected chi connectivity index (χ3v) is 2.35. The maximum absolute atomic E-state index is 11.1. The summed E-state index contributed by atoms with van der Waals surface area (Å²) in [4.78, 5) is 21.9. The van der Waals surface area contributed by atoms with E-state index in [0.29, 0.717) is 11.1 Å². The van der Waals surface area contributed by atoms with Crippen LogP contribution in [0, 0.1) is 0 Å². The quantitative estimate of drug-likeness (QED) is 0.751. The fraction of sp³-hybridized carbons (Fsp3) is 0.0909. The lowest BCUT2D eigenvalue weighted by molar-refractivity contribution is 0.0693. The van der Waals surface area contributed by atoms with Gasteiger partial charge in [-0.1, -0.05) is 0 Å². The second-order valence-corrected chi connectivity index (χ2v) is 3.49. The van der Waals surface area contributed by atoms with Crippen LogP contribution in [0.3, 0.4) is 0 Å². The zero-order valence-electron chi connectivity index (χ0n) is 8.47. The number of Topliss-reactive ketones (excluding diaryl/α,β-unsaturated/α-hetero) is 1. The minimum Gasteiger partial charge on any atom is -0.505 e. The lowest BCUT2D eigenvalue weighted by atomic mass is 10.2. The third-order valence-electron chi connectivity index (χ3n) is 2.35. The number of pyridine rings is 1. The van der Waals surface area contributed by atoms with E-state index in [4.69, 9.17) is 5.11 Å². The average molecular weight is 219 g/mol. The maximum Gasteiger partial charge on any atom is 0.339 e. The van der Waals surface area contributed by atoms with E-state index in [0.717, 1.165) is 0 Å². The van der Waals surface area contributed by atoms with E-state index in [9.17, 15) is 14.7 Å². The van der Waals surface area contributed by atoms with Gasteiger partial charge in [0, 0.05) is 17.3 Å². The molecule has 0 radical (unpaired) electrons. The number of aromatic nitrogens is 1. The Kier molecular flexibility index (Phi) is 2.16. The second-order valence-electron chi connectivity index (χ2n) is 3.49. The summed E-state index contributed by atoms with van der Waals surface area (Å²) >= 11 is 0. The van der Waals surface area contributed by atoms with Gasteiger partial charge in [0.2, 0.25) is 0 Å². The number of carbonyl (C=O) groups is 2. The summed E-state index contributed by atoms with van der Waals surface area (Å²) in [6.07, 6.45) is 2.81. The van der Waals surface area contributed by atoms with E-state index in [2.05, 4.69) is 0 Å². The molecule has 5 nitrogen and oxygen atoms in total. The van der Waals surface area contributed by atoms with Gasteiger partial charge in [0.1, 0.15) is 11.3 Å². The van der Waals surface area contributed by atoms with Crippen LogP contribution in [0.1, 0.15) is 27.6 Å². The molecule has 0 saturated carbocycles. The summed E-state index contributed by atoms with van der Waals surface area (Å²) in [6.45, 7) is 1.42. The van der Waals surface area contributed by atoms with Gasteiger partial charge in [0.25, 0.3) is 0 Å². The number of hydrogen-bond donors (Lipinski definition) is 2. The van der Waals surface area contributed by atoms with Crippen LogP contribution < -0.4 is 0 Å². The van der Waals surface area contributed by atoms with Gasteiger partial charge in [-0.25, -0.2) is 4.79 Å². The van der Waals surface area contributed by atoms with Gasteiger partial charge in [-0.2, -0.15) is 0 Å². The van der Waals surface area contributed by atoms with Crippen LogP contribution in [0.5, 0.6) is 5.75 Å². The van der Waals surface area contributed by atoms with Crippen molar-refractivity contribution in [1.82, 2.24) is 4.40 Å². The highest BCUT2D eigenvalue weighted by atomic mass is 16.4. The van der Waals surface area contributed by atoms with Crippen LogP contribution in [-0.2, 0) is 0 Å². The molecule has 0 saturated heterocycles. The number of aromatic carboxylic acids is 1. The molecule has 2 heterocycles. The van der Waals surface area contributed by atoms with E-state index in [1.807, 2.05) is 0 Å². The van der Waals surface area contributed by atoms with Gasteiger partial charge in [0.15, 0.2) is 5.78 Å². The van der Waals surface area contributed by atoms with Crippen LogP contribution in [0.4, 0.5) is 0 Å².